The average Bonchev–Trinajstić information content (AvgIpc) is 1.25. The average molecular weight is 230 g/mol. The lowest BCUT2D eigenvalue weighted by Crippen LogP contribution is -1.97. The van der Waals surface area contributed by atoms with Gasteiger partial charge in [0.25, 0.3) is 16.5 Å². The third-order valence-electron chi connectivity index (χ3n) is 0. The van der Waals surface area contributed by atoms with Crippen LogP contribution in [0.25, 0.3) is 0 Å². The predicted molar refractivity (Wildman–Crippen MR) is 39.2 cm³/mol. The first kappa shape index (κ1) is 40.7. The summed E-state index contributed by atoms with van der Waals surface area (Å²) in [6.45, 7) is 0. The molecule has 16 N–H and O–H groups in total. The third kappa shape index (κ3) is 54100. The van der Waals surface area contributed by atoms with Gasteiger partial charge in [-0.25, -0.2) is 0 Å². The summed E-state index contributed by atoms with van der Waals surface area (Å²) >= 11 is 0. The molecule has 10 nitrogen and oxygen atoms in total. The van der Waals surface area contributed by atoms with E-state index < -0.39 is 16.5 Å². The zero-order valence-corrected chi connectivity index (χ0v) is 9.13. The second kappa shape index (κ2) is 30.7. The van der Waals surface area contributed by atoms with Gasteiger partial charge in [-0.2, -0.15) is 0 Å². The van der Waals surface area contributed by atoms with Crippen molar-refractivity contribution in [3.05, 3.63) is 0 Å². The van der Waals surface area contributed by atoms with Gasteiger partial charge in [-0.3, -0.25) is 0 Å². The van der Waals surface area contributed by atoms with E-state index in [1.807, 2.05) is 0 Å². The Balaban J connectivity index is -0.0000000112. The van der Waals surface area contributed by atoms with Crippen molar-refractivity contribution in [2.75, 3.05) is 0 Å². The molecule has 0 aromatic heterocycles. The predicted octanol–water partition coefficient (Wildman–Crippen LogP) is -1.77. The van der Waals surface area contributed by atoms with E-state index in [2.05, 4.69) is 0 Å². The van der Waals surface area contributed by atoms with Gasteiger partial charge in [-0.15, -0.1) is 0 Å². The van der Waals surface area contributed by atoms with Gasteiger partial charge in [0.2, 0.25) is 0 Å². The Labute approximate surface area is 70.9 Å². The lowest BCUT2D eigenvalue weighted by molar-refractivity contribution is -0.298. The molecule has 0 aromatic carbocycles. The smallest absolute Gasteiger partial charge is 0.276 e. The van der Waals surface area contributed by atoms with Crippen molar-refractivity contribution in [1.29, 1.82) is 0 Å². The van der Waals surface area contributed by atoms with Gasteiger partial charge < -0.3 is 44.2 Å². The fourth-order valence-electron chi connectivity index (χ4n) is 0. The van der Waals surface area contributed by atoms with Crippen LogP contribution in [0.1, 0.15) is 0 Å². The number of hydrogen-bond donors (Lipinski definition) is 4. The first-order valence-corrected chi connectivity index (χ1v) is 3.29. The highest BCUT2D eigenvalue weighted by Gasteiger charge is 1.53. The quantitative estimate of drug-likeness (QED) is 0.349. The van der Waals surface area contributed by atoms with Crippen molar-refractivity contribution >= 4 is 16.5 Å². The number of hydrogen-bond acceptors (Lipinski definition) is 6. The standard InChI is InChI=1S/4H3N.2HO3P/c;;;;2*1-4(2)3/h4*1H3;2*(H,1,2,3)/p+2. The normalized spacial score (nSPS) is 4.33. The second-order valence-electron chi connectivity index (χ2n) is 0.447. The Kier molecular flexibility index (Phi) is 104. The van der Waals surface area contributed by atoms with Crippen LogP contribution >= 0.6 is 16.5 Å². The van der Waals surface area contributed by atoms with Crippen LogP contribution in [-0.2, 0) is 9.13 Å². The molecule has 0 spiro atoms. The minimum absolute atomic E-state index is 0. The summed E-state index contributed by atoms with van der Waals surface area (Å²) in [6.07, 6.45) is 0. The molecule has 0 unspecified atom stereocenters. The van der Waals surface area contributed by atoms with E-state index in [4.69, 9.17) is 28.7 Å². The maximum Gasteiger partial charge on any atom is 0.276 e. The van der Waals surface area contributed by atoms with Crippen LogP contribution < -0.4 is 44.2 Å². The topological polar surface area (TPSA) is 272 Å². The summed E-state index contributed by atoms with van der Waals surface area (Å²) in [6, 6.07) is 0. The first-order chi connectivity index (χ1) is 3.46. The SMILES string of the molecule is O=[P+]([O-])[O-].O=[P+]([O-])[O-].[NH4+].[NH4+].[NH4+].[NH4+]. The molecule has 0 saturated heterocycles. The molecule has 0 heterocycles. The van der Waals surface area contributed by atoms with E-state index in [0.29, 0.717) is 0 Å². The Morgan fingerprint density at radius 1 is 0.583 bits per heavy atom. The summed E-state index contributed by atoms with van der Waals surface area (Å²) in [5.74, 6) is 0. The number of quaternary nitrogens is 4. The van der Waals surface area contributed by atoms with Crippen molar-refractivity contribution in [3.8, 4) is 0 Å². The van der Waals surface area contributed by atoms with Gasteiger partial charge >= 0.3 is 0 Å². The zero-order valence-electron chi connectivity index (χ0n) is 7.34. The molecule has 0 atom stereocenters. The summed E-state index contributed by atoms with van der Waals surface area (Å²) in [7, 11) is -6.74. The number of rotatable bonds is 0. The Hall–Kier alpha value is -0.120. The second-order valence-corrected chi connectivity index (χ2v) is 1.34. The Morgan fingerprint density at radius 3 is 0.583 bits per heavy atom. The maximum absolute atomic E-state index is 8.48. The maximum atomic E-state index is 8.48. The first-order valence-electron chi connectivity index (χ1n) is 1.10. The molecule has 0 amide bonds. The van der Waals surface area contributed by atoms with Crippen molar-refractivity contribution in [3.63, 3.8) is 0 Å². The van der Waals surface area contributed by atoms with Gasteiger partial charge in [0.1, 0.15) is 0 Å². The monoisotopic (exact) mass is 230 g/mol. The molecule has 0 aliphatic heterocycles. The minimum Gasteiger partial charge on any atom is -0.598 e. The summed E-state index contributed by atoms with van der Waals surface area (Å²) in [4.78, 5) is 33.9. The van der Waals surface area contributed by atoms with E-state index in [9.17, 15) is 0 Å². The molecule has 12 heteroatoms. The minimum atomic E-state index is -3.37. The van der Waals surface area contributed by atoms with Gasteiger partial charge in [-0.05, 0) is 0 Å². The molecule has 0 radical (unpaired) electrons. The lowest BCUT2D eigenvalue weighted by Gasteiger charge is -1.75. The van der Waals surface area contributed by atoms with Crippen molar-refractivity contribution in [2.24, 2.45) is 0 Å². The fraction of sp³-hybridized carbons (Fsp3) is 0. The molecule has 0 aromatic rings. The van der Waals surface area contributed by atoms with E-state index in [-0.39, 0.29) is 24.6 Å². The molecule has 0 rings (SSSR count). The molecule has 0 aliphatic rings. The Morgan fingerprint density at radius 2 is 0.583 bits per heavy atom. The molecule has 0 saturated carbocycles. The van der Waals surface area contributed by atoms with Gasteiger partial charge in [-0.1, -0.05) is 9.13 Å². The highest BCUT2D eigenvalue weighted by atomic mass is 31.1. The van der Waals surface area contributed by atoms with Crippen LogP contribution in [0.2, 0.25) is 0 Å². The fourth-order valence-corrected chi connectivity index (χ4v) is 0. The third-order valence-corrected chi connectivity index (χ3v) is 0. The van der Waals surface area contributed by atoms with Gasteiger partial charge in [0, 0.05) is 0 Å². The summed E-state index contributed by atoms with van der Waals surface area (Å²) in [5.41, 5.74) is 0. The van der Waals surface area contributed by atoms with Crippen LogP contribution in [0, 0.1) is 0 Å². The van der Waals surface area contributed by atoms with Crippen LogP contribution in [0.15, 0.2) is 0 Å². The Bertz CT molecular complexity index is 75.5. The van der Waals surface area contributed by atoms with Crippen LogP contribution in [0.5, 0.6) is 0 Å². The van der Waals surface area contributed by atoms with Gasteiger partial charge in [0.05, 0.1) is 0 Å². The zero-order chi connectivity index (χ0) is 7.15. The van der Waals surface area contributed by atoms with Crippen LogP contribution in [-0.4, -0.2) is 0 Å². The van der Waals surface area contributed by atoms with Crippen LogP contribution in [0.3, 0.4) is 0 Å². The highest BCUT2D eigenvalue weighted by molar-refractivity contribution is 7.27. The molecule has 0 bridgehead atoms. The highest BCUT2D eigenvalue weighted by Crippen LogP contribution is 1.80. The largest absolute Gasteiger partial charge is 0.598 e. The van der Waals surface area contributed by atoms with Crippen molar-refractivity contribution in [2.45, 2.75) is 0 Å². The molecule has 12 heavy (non-hydrogen) atoms. The lowest BCUT2D eigenvalue weighted by atomic mass is 14.0. The molecule has 0 fully saturated rings. The van der Waals surface area contributed by atoms with E-state index >= 15 is 0 Å². The van der Waals surface area contributed by atoms with E-state index in [0.717, 1.165) is 0 Å². The van der Waals surface area contributed by atoms with E-state index in [1.54, 1.807) is 0 Å². The molecular formula is H16N4O6P2+2. The van der Waals surface area contributed by atoms with Crippen LogP contribution in [0.4, 0.5) is 0 Å². The van der Waals surface area contributed by atoms with Gasteiger partial charge in [0.15, 0.2) is 0 Å². The van der Waals surface area contributed by atoms with E-state index in [1.165, 1.54) is 0 Å². The molecular weight excluding hydrogens is 214 g/mol. The van der Waals surface area contributed by atoms with Crippen molar-refractivity contribution < 1.29 is 28.7 Å². The van der Waals surface area contributed by atoms with Crippen molar-refractivity contribution in [1.82, 2.24) is 24.6 Å². The molecule has 80 valence electrons. The molecule has 0 aliphatic carbocycles. The summed E-state index contributed by atoms with van der Waals surface area (Å²) in [5, 5.41) is 0. The summed E-state index contributed by atoms with van der Waals surface area (Å²) < 4.78 is 17.0.